The van der Waals surface area contributed by atoms with Crippen molar-refractivity contribution in [3.8, 4) is 5.75 Å². The molecule has 0 bridgehead atoms. The number of halogens is 7. The zero-order valence-electron chi connectivity index (χ0n) is 21.9. The lowest BCUT2D eigenvalue weighted by molar-refractivity contribution is -0.162. The van der Waals surface area contributed by atoms with Gasteiger partial charge in [0.05, 0.1) is 21.9 Å². The fourth-order valence-corrected chi connectivity index (χ4v) is 6.86. The van der Waals surface area contributed by atoms with Gasteiger partial charge in [-0.2, -0.15) is 13.2 Å². The number of amides is 3. The van der Waals surface area contributed by atoms with E-state index in [-0.39, 0.29) is 46.9 Å². The van der Waals surface area contributed by atoms with Gasteiger partial charge in [-0.15, -0.1) is 0 Å². The zero-order valence-corrected chi connectivity index (χ0v) is 23.4. The Balaban J connectivity index is 1.59. The fourth-order valence-electron chi connectivity index (χ4n) is 4.58. The van der Waals surface area contributed by atoms with Gasteiger partial charge in [-0.25, -0.2) is 22.1 Å². The molecule has 1 fully saturated rings. The molecule has 230 valence electrons. The monoisotopic (exact) mass is 643 g/mol. The Labute approximate surface area is 240 Å². The number of hydrogen-bond donors (Lipinski definition) is 3. The summed E-state index contributed by atoms with van der Waals surface area (Å²) in [5.41, 5.74) is -1.40. The first-order chi connectivity index (χ1) is 19.4. The molecule has 2 aliphatic heterocycles. The Morgan fingerprint density at radius 2 is 1.90 bits per heavy atom. The summed E-state index contributed by atoms with van der Waals surface area (Å²) in [5.74, 6) is -2.06. The molecule has 18 heteroatoms. The van der Waals surface area contributed by atoms with E-state index in [1.54, 1.807) is 5.32 Å². The normalized spacial score (nSPS) is 22.9. The molecule has 4 atom stereocenters. The predicted octanol–water partition coefficient (Wildman–Crippen LogP) is 2.87. The van der Waals surface area contributed by atoms with Gasteiger partial charge in [0.1, 0.15) is 21.9 Å². The number of anilines is 1. The highest BCUT2D eigenvalue weighted by Crippen LogP contribution is 2.40. The van der Waals surface area contributed by atoms with Gasteiger partial charge in [-0.05, 0) is 31.0 Å². The summed E-state index contributed by atoms with van der Waals surface area (Å²) in [6.07, 6.45) is -7.92. The summed E-state index contributed by atoms with van der Waals surface area (Å²) < 4.78 is 102. The smallest absolute Gasteiger partial charge is 0.408 e. The van der Waals surface area contributed by atoms with Crippen LogP contribution in [-0.2, 0) is 26.3 Å². The van der Waals surface area contributed by atoms with Crippen LogP contribution in [0.3, 0.4) is 0 Å². The number of fused-ring (bicyclic) bond motifs is 2. The largest absolute Gasteiger partial charge is 0.489 e. The number of hydrogen-bond acceptors (Lipinski definition) is 5. The molecular formula is C24H24ClF6N5O5S. The van der Waals surface area contributed by atoms with Gasteiger partial charge in [-0.3, -0.25) is 14.4 Å². The van der Waals surface area contributed by atoms with E-state index in [4.69, 9.17) is 16.3 Å². The van der Waals surface area contributed by atoms with E-state index in [0.717, 1.165) is 27.7 Å². The molecule has 3 amide bonds. The fraction of sp³-hybridized carbons (Fsp3) is 0.417. The zero-order chi connectivity index (χ0) is 31.3. The number of benzene rings is 1. The van der Waals surface area contributed by atoms with Gasteiger partial charge < -0.3 is 24.8 Å². The van der Waals surface area contributed by atoms with Crippen molar-refractivity contribution < 1.29 is 49.7 Å². The number of aromatic nitrogens is 1. The van der Waals surface area contributed by atoms with Gasteiger partial charge >= 0.3 is 18.0 Å². The van der Waals surface area contributed by atoms with Gasteiger partial charge in [0.25, 0.3) is 12.3 Å². The number of rotatable bonds is 4. The molecule has 0 radical (unpaired) electrons. The van der Waals surface area contributed by atoms with Crippen LogP contribution in [0.5, 0.6) is 5.75 Å². The third-order valence-electron chi connectivity index (χ3n) is 6.82. The maximum absolute atomic E-state index is 13.8. The summed E-state index contributed by atoms with van der Waals surface area (Å²) in [5, 5.41) is 3.72. The van der Waals surface area contributed by atoms with Crippen LogP contribution < -0.4 is 20.1 Å². The van der Waals surface area contributed by atoms with E-state index in [9.17, 15) is 44.9 Å². The van der Waals surface area contributed by atoms with Gasteiger partial charge in [0.15, 0.2) is 11.4 Å². The Kier molecular flexibility index (Phi) is 8.50. The van der Waals surface area contributed by atoms with Gasteiger partial charge in [-0.1, -0.05) is 11.6 Å². The molecule has 3 heterocycles. The lowest BCUT2D eigenvalue weighted by atomic mass is 10.1. The Hall–Kier alpha value is -3.44. The molecule has 1 aromatic heterocycles. The van der Waals surface area contributed by atoms with Crippen LogP contribution in [0, 0.1) is 11.7 Å². The van der Waals surface area contributed by atoms with Crippen molar-refractivity contribution in [2.45, 2.75) is 36.5 Å². The standard InChI is InChI=1S/C24H24ClF6N5O5S/c1-10(24(29,30)31)32-22(38)23(39)36-7-11-9-41-17-16(21(37)33-12-4-5-14(26)13(6-12)20(27)28)35(2)19(25)18(17)42(3,40)34-15(11)8-36/h4-6,10-11,15,20H,3,7-9H2,1-2H3,(H,32,38)(H,33,37)(H,34,40). The number of alkyl halides is 5. The molecule has 0 saturated carbocycles. The molecular weight excluding hydrogens is 620 g/mol. The number of likely N-dealkylation sites (tertiary alicyclic amines) is 1. The molecule has 4 unspecified atom stereocenters. The molecule has 1 saturated heterocycles. The topological polar surface area (TPSA) is 122 Å². The average molecular weight is 644 g/mol. The van der Waals surface area contributed by atoms with E-state index in [1.165, 1.54) is 7.05 Å². The van der Waals surface area contributed by atoms with Crippen LogP contribution in [0.4, 0.5) is 32.0 Å². The Bertz CT molecular complexity index is 1550. The lowest BCUT2D eigenvalue weighted by Crippen LogP contribution is -2.50. The average Bonchev–Trinajstić information content (AvgIpc) is 3.38. The van der Waals surface area contributed by atoms with E-state index in [1.807, 2.05) is 0 Å². The highest BCUT2D eigenvalue weighted by Gasteiger charge is 2.44. The van der Waals surface area contributed by atoms with Crippen LogP contribution >= 0.6 is 11.6 Å². The minimum absolute atomic E-state index is 0.176. The quantitative estimate of drug-likeness (QED) is 0.269. The van der Waals surface area contributed by atoms with Crippen molar-refractivity contribution in [2.75, 3.05) is 25.0 Å². The van der Waals surface area contributed by atoms with E-state index >= 15 is 0 Å². The molecule has 42 heavy (non-hydrogen) atoms. The van der Waals surface area contributed by atoms with Crippen LogP contribution in [0.15, 0.2) is 23.1 Å². The SMILES string of the molecule is C=S1(=O)NC2CN(C(=O)C(=O)NC(C)C(F)(F)F)CC2COc2c1c(Cl)n(C)c2C(=O)Nc1ccc(F)c(C(F)F)c1. The molecule has 2 aliphatic rings. The number of ether oxygens (including phenoxy) is 1. The Morgan fingerprint density at radius 1 is 1.24 bits per heavy atom. The first-order valence-electron chi connectivity index (χ1n) is 12.1. The van der Waals surface area contributed by atoms with Crippen molar-refractivity contribution in [3.05, 3.63) is 40.4 Å². The lowest BCUT2D eigenvalue weighted by Gasteiger charge is -2.26. The third-order valence-corrected chi connectivity index (χ3v) is 9.09. The number of carbonyl (C=O) groups is 3. The minimum Gasteiger partial charge on any atom is -0.489 e. The van der Waals surface area contributed by atoms with Crippen LogP contribution in [0.2, 0.25) is 5.15 Å². The molecule has 2 aromatic rings. The van der Waals surface area contributed by atoms with Gasteiger partial charge in [0, 0.05) is 37.8 Å². The number of carbonyl (C=O) groups excluding carboxylic acids is 3. The Morgan fingerprint density at radius 3 is 2.52 bits per heavy atom. The first-order valence-corrected chi connectivity index (χ1v) is 14.2. The van der Waals surface area contributed by atoms with Crippen LogP contribution in [0.25, 0.3) is 0 Å². The maximum Gasteiger partial charge on any atom is 0.408 e. The van der Waals surface area contributed by atoms with Gasteiger partial charge in [0.2, 0.25) is 0 Å². The maximum atomic E-state index is 13.8. The number of nitrogens with zero attached hydrogens (tertiary/aromatic N) is 2. The summed E-state index contributed by atoms with van der Waals surface area (Å²) in [6.45, 7) is 0.0525. The summed E-state index contributed by atoms with van der Waals surface area (Å²) >= 11 is 6.41. The second-order valence-corrected chi connectivity index (χ2v) is 12.1. The van der Waals surface area contributed by atoms with Crippen molar-refractivity contribution in [1.29, 1.82) is 0 Å². The van der Waals surface area contributed by atoms with E-state index in [2.05, 4.69) is 15.9 Å². The van der Waals surface area contributed by atoms with Crippen molar-refractivity contribution >= 4 is 50.6 Å². The second kappa shape index (κ2) is 11.3. The highest BCUT2D eigenvalue weighted by molar-refractivity contribution is 7.98. The summed E-state index contributed by atoms with van der Waals surface area (Å²) in [7, 11) is -2.22. The van der Waals surface area contributed by atoms with E-state index < -0.39 is 69.4 Å². The summed E-state index contributed by atoms with van der Waals surface area (Å²) in [4.78, 5) is 38.8. The van der Waals surface area contributed by atoms with Crippen LogP contribution in [0.1, 0.15) is 29.4 Å². The summed E-state index contributed by atoms with van der Waals surface area (Å²) in [6, 6.07) is -0.509. The molecule has 10 nitrogen and oxygen atoms in total. The van der Waals surface area contributed by atoms with Crippen molar-refractivity contribution in [1.82, 2.24) is 19.5 Å². The highest BCUT2D eigenvalue weighted by atomic mass is 35.5. The van der Waals surface area contributed by atoms with E-state index in [0.29, 0.717) is 6.92 Å². The molecule has 3 N–H and O–H groups in total. The molecule has 0 aliphatic carbocycles. The van der Waals surface area contributed by atoms with Crippen molar-refractivity contribution in [2.24, 2.45) is 13.0 Å². The molecule has 4 rings (SSSR count). The van der Waals surface area contributed by atoms with Crippen LogP contribution in [-0.4, -0.2) is 75.2 Å². The van der Waals surface area contributed by atoms with Crippen molar-refractivity contribution in [3.63, 3.8) is 0 Å². The number of nitrogens with one attached hydrogen (secondary N) is 3. The first kappa shape index (κ1) is 31.5. The molecule has 1 aromatic carbocycles. The minimum atomic E-state index is -4.77. The molecule has 0 spiro atoms. The third kappa shape index (κ3) is 6.03. The second-order valence-electron chi connectivity index (χ2n) is 9.77. The predicted molar refractivity (Wildman–Crippen MR) is 139 cm³/mol.